The molecule has 3 heteroatoms. The molecule has 1 N–H and O–H groups in total. The van der Waals surface area contributed by atoms with Gasteiger partial charge in [-0.1, -0.05) is 13.3 Å². The molecule has 0 aromatic carbocycles. The molecule has 2 heterocycles. The molecule has 2 fully saturated rings. The highest BCUT2D eigenvalue weighted by molar-refractivity contribution is 4.77. The van der Waals surface area contributed by atoms with Gasteiger partial charge in [0.25, 0.3) is 0 Å². The lowest BCUT2D eigenvalue weighted by Crippen LogP contribution is -2.43. The maximum absolute atomic E-state index is 5.46. The van der Waals surface area contributed by atoms with Crippen LogP contribution in [-0.4, -0.2) is 50.3 Å². The predicted octanol–water partition coefficient (Wildman–Crippen LogP) is 1.10. The second-order valence-electron chi connectivity index (χ2n) is 4.88. The van der Waals surface area contributed by atoms with E-state index in [0.29, 0.717) is 6.04 Å². The number of hydrogen-bond donors (Lipinski definition) is 1. The first kappa shape index (κ1) is 11.4. The van der Waals surface area contributed by atoms with E-state index in [-0.39, 0.29) is 0 Å². The van der Waals surface area contributed by atoms with E-state index in [1.807, 2.05) is 0 Å². The first-order chi connectivity index (χ1) is 7.38. The molecule has 2 saturated heterocycles. The van der Waals surface area contributed by atoms with Gasteiger partial charge in [-0.3, -0.25) is 0 Å². The SMILES string of the molecule is CCC1CCN(CCC2COCCN2)C1. The van der Waals surface area contributed by atoms with Gasteiger partial charge in [0.2, 0.25) is 0 Å². The molecular formula is C12H24N2O. The average molecular weight is 212 g/mol. The number of nitrogens with one attached hydrogen (secondary N) is 1. The Labute approximate surface area is 93.2 Å². The maximum atomic E-state index is 5.46. The Balaban J connectivity index is 1.61. The standard InChI is InChI=1S/C12H24N2O/c1-2-11-3-6-14(9-11)7-4-12-10-15-8-5-13-12/h11-13H,2-10H2,1H3. The van der Waals surface area contributed by atoms with Crippen LogP contribution in [0.1, 0.15) is 26.2 Å². The van der Waals surface area contributed by atoms with Crippen molar-refractivity contribution in [2.45, 2.75) is 32.2 Å². The minimum absolute atomic E-state index is 0.597. The number of ether oxygens (including phenoxy) is 1. The lowest BCUT2D eigenvalue weighted by Gasteiger charge is -2.26. The van der Waals surface area contributed by atoms with E-state index in [1.165, 1.54) is 38.9 Å². The fourth-order valence-corrected chi connectivity index (χ4v) is 2.59. The van der Waals surface area contributed by atoms with Crippen LogP contribution in [0.15, 0.2) is 0 Å². The van der Waals surface area contributed by atoms with Crippen molar-refractivity contribution < 1.29 is 4.74 Å². The highest BCUT2D eigenvalue weighted by Crippen LogP contribution is 2.19. The molecule has 2 aliphatic rings. The van der Waals surface area contributed by atoms with Crippen LogP contribution in [0, 0.1) is 5.92 Å². The van der Waals surface area contributed by atoms with Gasteiger partial charge < -0.3 is 15.0 Å². The summed E-state index contributed by atoms with van der Waals surface area (Å²) in [5.41, 5.74) is 0. The summed E-state index contributed by atoms with van der Waals surface area (Å²) >= 11 is 0. The fourth-order valence-electron chi connectivity index (χ4n) is 2.59. The van der Waals surface area contributed by atoms with Crippen molar-refractivity contribution in [3.63, 3.8) is 0 Å². The van der Waals surface area contributed by atoms with Crippen molar-refractivity contribution in [1.29, 1.82) is 0 Å². The third-order valence-corrected chi connectivity index (χ3v) is 3.74. The van der Waals surface area contributed by atoms with Crippen LogP contribution in [0.2, 0.25) is 0 Å². The Morgan fingerprint density at radius 2 is 2.40 bits per heavy atom. The molecule has 0 spiro atoms. The van der Waals surface area contributed by atoms with Crippen molar-refractivity contribution in [2.75, 3.05) is 39.4 Å². The van der Waals surface area contributed by atoms with Gasteiger partial charge in [-0.25, -0.2) is 0 Å². The highest BCUT2D eigenvalue weighted by Gasteiger charge is 2.21. The Kier molecular flexibility index (Phi) is 4.42. The normalized spacial score (nSPS) is 33.4. The average Bonchev–Trinajstić information content (AvgIpc) is 2.76. The smallest absolute Gasteiger partial charge is 0.0620 e. The summed E-state index contributed by atoms with van der Waals surface area (Å²) in [4.78, 5) is 2.62. The molecule has 2 atom stereocenters. The number of morpholine rings is 1. The van der Waals surface area contributed by atoms with E-state index < -0.39 is 0 Å². The molecule has 0 amide bonds. The minimum Gasteiger partial charge on any atom is -0.379 e. The third kappa shape index (κ3) is 3.44. The van der Waals surface area contributed by atoms with Gasteiger partial charge in [-0.05, 0) is 31.8 Å². The van der Waals surface area contributed by atoms with E-state index in [2.05, 4.69) is 17.1 Å². The monoisotopic (exact) mass is 212 g/mol. The van der Waals surface area contributed by atoms with Gasteiger partial charge in [-0.15, -0.1) is 0 Å². The topological polar surface area (TPSA) is 24.5 Å². The Hall–Kier alpha value is -0.120. The molecule has 0 bridgehead atoms. The summed E-state index contributed by atoms with van der Waals surface area (Å²) in [7, 11) is 0. The van der Waals surface area contributed by atoms with Gasteiger partial charge in [0.15, 0.2) is 0 Å². The lowest BCUT2D eigenvalue weighted by molar-refractivity contribution is 0.0708. The second kappa shape index (κ2) is 5.83. The molecule has 0 aromatic rings. The molecule has 2 aliphatic heterocycles. The molecule has 2 unspecified atom stereocenters. The van der Waals surface area contributed by atoms with Gasteiger partial charge >= 0.3 is 0 Å². The van der Waals surface area contributed by atoms with Crippen molar-refractivity contribution in [1.82, 2.24) is 10.2 Å². The van der Waals surface area contributed by atoms with Crippen LogP contribution in [0.4, 0.5) is 0 Å². The van der Waals surface area contributed by atoms with Crippen LogP contribution in [0.25, 0.3) is 0 Å². The Bertz CT molecular complexity index is 180. The van der Waals surface area contributed by atoms with Crippen molar-refractivity contribution in [3.05, 3.63) is 0 Å². The summed E-state index contributed by atoms with van der Waals surface area (Å²) in [5.74, 6) is 0.959. The van der Waals surface area contributed by atoms with Crippen LogP contribution in [0.5, 0.6) is 0 Å². The number of likely N-dealkylation sites (tertiary alicyclic amines) is 1. The number of nitrogens with zero attached hydrogens (tertiary/aromatic N) is 1. The first-order valence-corrected chi connectivity index (χ1v) is 6.42. The molecule has 0 radical (unpaired) electrons. The Morgan fingerprint density at radius 3 is 3.07 bits per heavy atom. The molecule has 15 heavy (non-hydrogen) atoms. The molecule has 88 valence electrons. The number of hydrogen-bond acceptors (Lipinski definition) is 3. The molecule has 0 aliphatic carbocycles. The van der Waals surface area contributed by atoms with E-state index >= 15 is 0 Å². The van der Waals surface area contributed by atoms with Gasteiger partial charge in [-0.2, -0.15) is 0 Å². The predicted molar refractivity (Wildman–Crippen MR) is 62.1 cm³/mol. The maximum Gasteiger partial charge on any atom is 0.0620 e. The van der Waals surface area contributed by atoms with E-state index in [4.69, 9.17) is 4.74 Å². The van der Waals surface area contributed by atoms with Crippen molar-refractivity contribution >= 4 is 0 Å². The van der Waals surface area contributed by atoms with Crippen molar-refractivity contribution in [3.8, 4) is 0 Å². The second-order valence-corrected chi connectivity index (χ2v) is 4.88. The zero-order valence-corrected chi connectivity index (χ0v) is 9.87. The van der Waals surface area contributed by atoms with Crippen LogP contribution in [-0.2, 0) is 4.74 Å². The van der Waals surface area contributed by atoms with Crippen LogP contribution < -0.4 is 5.32 Å². The summed E-state index contributed by atoms with van der Waals surface area (Å²) in [5, 5.41) is 3.52. The van der Waals surface area contributed by atoms with Crippen LogP contribution >= 0.6 is 0 Å². The third-order valence-electron chi connectivity index (χ3n) is 3.74. The molecule has 2 rings (SSSR count). The summed E-state index contributed by atoms with van der Waals surface area (Å²) in [6.07, 6.45) is 4.00. The van der Waals surface area contributed by atoms with E-state index in [1.54, 1.807) is 0 Å². The summed E-state index contributed by atoms with van der Waals surface area (Å²) < 4.78 is 5.46. The van der Waals surface area contributed by atoms with E-state index in [0.717, 1.165) is 25.7 Å². The molecular weight excluding hydrogens is 188 g/mol. The Morgan fingerprint density at radius 1 is 1.47 bits per heavy atom. The zero-order chi connectivity index (χ0) is 10.5. The quantitative estimate of drug-likeness (QED) is 0.755. The highest BCUT2D eigenvalue weighted by atomic mass is 16.5. The minimum atomic E-state index is 0.597. The summed E-state index contributed by atoms with van der Waals surface area (Å²) in [6, 6.07) is 0.597. The van der Waals surface area contributed by atoms with E-state index in [9.17, 15) is 0 Å². The lowest BCUT2D eigenvalue weighted by atomic mass is 10.1. The van der Waals surface area contributed by atoms with Crippen LogP contribution in [0.3, 0.4) is 0 Å². The molecule has 0 saturated carbocycles. The zero-order valence-electron chi connectivity index (χ0n) is 9.87. The molecule has 0 aromatic heterocycles. The van der Waals surface area contributed by atoms with Gasteiger partial charge in [0, 0.05) is 19.1 Å². The summed E-state index contributed by atoms with van der Waals surface area (Å²) in [6.45, 7) is 9.02. The van der Waals surface area contributed by atoms with Gasteiger partial charge in [0.05, 0.1) is 13.2 Å². The first-order valence-electron chi connectivity index (χ1n) is 6.42. The van der Waals surface area contributed by atoms with Gasteiger partial charge in [0.1, 0.15) is 0 Å². The number of rotatable bonds is 4. The van der Waals surface area contributed by atoms with Crippen molar-refractivity contribution in [2.24, 2.45) is 5.92 Å². The largest absolute Gasteiger partial charge is 0.379 e. The molecule has 3 nitrogen and oxygen atoms in total. The fraction of sp³-hybridized carbons (Fsp3) is 1.00.